The van der Waals surface area contributed by atoms with Crippen molar-refractivity contribution in [3.05, 3.63) is 60.2 Å². The normalized spacial score (nSPS) is 12.9. The second kappa shape index (κ2) is 8.40. The van der Waals surface area contributed by atoms with E-state index in [-0.39, 0.29) is 5.56 Å². The van der Waals surface area contributed by atoms with Crippen molar-refractivity contribution in [3.8, 4) is 0 Å². The van der Waals surface area contributed by atoms with E-state index in [1.807, 2.05) is 6.07 Å². The summed E-state index contributed by atoms with van der Waals surface area (Å²) in [6, 6.07) is 15.5. The Morgan fingerprint density at radius 1 is 1.08 bits per heavy atom. The molecule has 0 unspecified atom stereocenters. The van der Waals surface area contributed by atoms with Gasteiger partial charge in [-0.1, -0.05) is 37.3 Å². The van der Waals surface area contributed by atoms with Crippen LogP contribution in [0.5, 0.6) is 0 Å². The van der Waals surface area contributed by atoms with Gasteiger partial charge in [0.15, 0.2) is 6.10 Å². The second-order valence-electron chi connectivity index (χ2n) is 5.03. The number of esters is 1. The van der Waals surface area contributed by atoms with Gasteiger partial charge in [-0.3, -0.25) is 9.00 Å². The summed E-state index contributed by atoms with van der Waals surface area (Å²) >= 11 is 0. The number of carbonyl (C=O) groups is 2. The van der Waals surface area contributed by atoms with Crippen molar-refractivity contribution in [2.45, 2.75) is 24.8 Å². The molecule has 1 amide bonds. The summed E-state index contributed by atoms with van der Waals surface area (Å²) in [5.41, 5.74) is 0.843. The topological polar surface area (TPSA) is 72.5 Å². The third-order valence-electron chi connectivity index (χ3n) is 3.31. The Balaban J connectivity index is 2.06. The molecule has 0 aliphatic rings. The molecule has 0 saturated heterocycles. The van der Waals surface area contributed by atoms with Crippen LogP contribution < -0.4 is 5.32 Å². The highest BCUT2D eigenvalue weighted by Crippen LogP contribution is 2.16. The quantitative estimate of drug-likeness (QED) is 0.817. The van der Waals surface area contributed by atoms with Gasteiger partial charge >= 0.3 is 5.97 Å². The molecule has 0 aromatic heterocycles. The number of ether oxygens (including phenoxy) is 1. The fraction of sp³-hybridized carbons (Fsp3) is 0.222. The third-order valence-corrected chi connectivity index (χ3v) is 4.68. The molecular formula is C18H19NO4S. The minimum absolute atomic E-state index is 0.219. The second-order valence-corrected chi connectivity index (χ2v) is 6.74. The average Bonchev–Trinajstić information content (AvgIpc) is 2.61. The lowest BCUT2D eigenvalue weighted by Crippen LogP contribution is -2.30. The molecular weight excluding hydrogens is 326 g/mol. The Morgan fingerprint density at radius 3 is 2.38 bits per heavy atom. The van der Waals surface area contributed by atoms with Crippen molar-refractivity contribution in [3.63, 3.8) is 0 Å². The van der Waals surface area contributed by atoms with Gasteiger partial charge in [-0.2, -0.15) is 0 Å². The van der Waals surface area contributed by atoms with Crippen LogP contribution in [0.4, 0.5) is 5.69 Å². The SMILES string of the molecule is CC[S@](=O)c1ccccc1C(=O)O[C@H](C)C(=O)Nc1ccccc1. The smallest absolute Gasteiger partial charge is 0.340 e. The Bertz CT molecular complexity index is 746. The molecule has 0 bridgehead atoms. The molecule has 24 heavy (non-hydrogen) atoms. The highest BCUT2D eigenvalue weighted by Gasteiger charge is 2.22. The highest BCUT2D eigenvalue weighted by molar-refractivity contribution is 7.85. The largest absolute Gasteiger partial charge is 0.449 e. The average molecular weight is 345 g/mol. The first-order valence-corrected chi connectivity index (χ1v) is 8.89. The van der Waals surface area contributed by atoms with E-state index in [4.69, 9.17) is 4.74 Å². The summed E-state index contributed by atoms with van der Waals surface area (Å²) < 4.78 is 17.2. The minimum Gasteiger partial charge on any atom is -0.449 e. The highest BCUT2D eigenvalue weighted by atomic mass is 32.2. The number of para-hydroxylation sites is 1. The van der Waals surface area contributed by atoms with Crippen LogP contribution in [-0.4, -0.2) is 27.9 Å². The lowest BCUT2D eigenvalue weighted by atomic mass is 10.2. The van der Waals surface area contributed by atoms with Gasteiger partial charge in [0.1, 0.15) is 0 Å². The number of anilines is 1. The van der Waals surface area contributed by atoms with E-state index in [9.17, 15) is 13.8 Å². The van der Waals surface area contributed by atoms with Gasteiger partial charge in [-0.15, -0.1) is 0 Å². The van der Waals surface area contributed by atoms with Crippen LogP contribution in [0.15, 0.2) is 59.5 Å². The van der Waals surface area contributed by atoms with Crippen molar-refractivity contribution in [1.82, 2.24) is 0 Å². The van der Waals surface area contributed by atoms with Crippen molar-refractivity contribution in [1.29, 1.82) is 0 Å². The standard InChI is InChI=1S/C18H19NO4S/c1-3-24(22)16-12-8-7-11-15(16)18(21)23-13(2)17(20)19-14-9-5-4-6-10-14/h4-13H,3H2,1-2H3,(H,19,20)/t13-,24+/m1/s1. The van der Waals surface area contributed by atoms with Crippen molar-refractivity contribution in [2.24, 2.45) is 0 Å². The van der Waals surface area contributed by atoms with Crippen molar-refractivity contribution in [2.75, 3.05) is 11.1 Å². The maximum atomic E-state index is 12.3. The van der Waals surface area contributed by atoms with Crippen LogP contribution in [-0.2, 0) is 20.3 Å². The molecule has 0 heterocycles. The van der Waals surface area contributed by atoms with E-state index in [1.165, 1.54) is 6.92 Å². The summed E-state index contributed by atoms with van der Waals surface area (Å²) in [5.74, 6) is -0.694. The van der Waals surface area contributed by atoms with E-state index < -0.39 is 28.8 Å². The van der Waals surface area contributed by atoms with E-state index in [0.29, 0.717) is 16.3 Å². The van der Waals surface area contributed by atoms with Crippen molar-refractivity contribution >= 4 is 28.4 Å². The summed E-state index contributed by atoms with van der Waals surface area (Å²) in [7, 11) is -1.28. The molecule has 0 fully saturated rings. The summed E-state index contributed by atoms with van der Waals surface area (Å²) in [6.07, 6.45) is -0.971. The predicted octanol–water partition coefficient (Wildman–Crippen LogP) is 3.00. The zero-order valence-corrected chi connectivity index (χ0v) is 14.3. The molecule has 1 N–H and O–H groups in total. The number of hydrogen-bond acceptors (Lipinski definition) is 4. The molecule has 0 aliphatic carbocycles. The zero-order valence-electron chi connectivity index (χ0n) is 13.5. The van der Waals surface area contributed by atoms with Gasteiger partial charge in [-0.05, 0) is 31.2 Å². The minimum atomic E-state index is -1.28. The fourth-order valence-electron chi connectivity index (χ4n) is 2.03. The maximum Gasteiger partial charge on any atom is 0.340 e. The summed E-state index contributed by atoms with van der Waals surface area (Å²) in [6.45, 7) is 3.27. The molecule has 5 nitrogen and oxygen atoms in total. The van der Waals surface area contributed by atoms with Gasteiger partial charge in [-0.25, -0.2) is 4.79 Å². The van der Waals surface area contributed by atoms with Gasteiger partial charge < -0.3 is 10.1 Å². The third kappa shape index (κ3) is 4.52. The van der Waals surface area contributed by atoms with E-state index in [1.54, 1.807) is 55.5 Å². The van der Waals surface area contributed by atoms with Gasteiger partial charge in [0.05, 0.1) is 21.3 Å². The van der Waals surface area contributed by atoms with Crippen LogP contribution in [0.25, 0.3) is 0 Å². The van der Waals surface area contributed by atoms with Gasteiger partial charge in [0.2, 0.25) is 0 Å². The number of hydrogen-bond donors (Lipinski definition) is 1. The lowest BCUT2D eigenvalue weighted by molar-refractivity contribution is -0.123. The molecule has 0 aliphatic heterocycles. The number of rotatable bonds is 6. The molecule has 2 atom stereocenters. The molecule has 126 valence electrons. The fourth-order valence-corrected chi connectivity index (χ4v) is 2.97. The summed E-state index contributed by atoms with van der Waals surface area (Å²) in [4.78, 5) is 24.8. The lowest BCUT2D eigenvalue weighted by Gasteiger charge is -2.14. The Kier molecular flexibility index (Phi) is 6.26. The predicted molar refractivity (Wildman–Crippen MR) is 93.3 cm³/mol. The van der Waals surface area contributed by atoms with Crippen LogP contribution in [0.2, 0.25) is 0 Å². The van der Waals surface area contributed by atoms with Gasteiger partial charge in [0, 0.05) is 11.4 Å². The van der Waals surface area contributed by atoms with Crippen LogP contribution in [0, 0.1) is 0 Å². The molecule has 2 aromatic carbocycles. The molecule has 2 rings (SSSR count). The number of nitrogens with one attached hydrogen (secondary N) is 1. The zero-order chi connectivity index (χ0) is 17.5. The summed E-state index contributed by atoms with van der Waals surface area (Å²) in [5, 5.41) is 2.67. The molecule has 0 radical (unpaired) electrons. The Labute approximate surface area is 143 Å². The maximum absolute atomic E-state index is 12.3. The molecule has 2 aromatic rings. The Hall–Kier alpha value is -2.47. The molecule has 0 saturated carbocycles. The number of carbonyl (C=O) groups excluding carboxylic acids is 2. The monoisotopic (exact) mass is 345 g/mol. The van der Waals surface area contributed by atoms with Gasteiger partial charge in [0.25, 0.3) is 5.91 Å². The van der Waals surface area contributed by atoms with E-state index in [2.05, 4.69) is 5.32 Å². The van der Waals surface area contributed by atoms with Crippen molar-refractivity contribution < 1.29 is 18.5 Å². The van der Waals surface area contributed by atoms with E-state index in [0.717, 1.165) is 0 Å². The first kappa shape index (κ1) is 17.9. The number of amides is 1. The number of benzene rings is 2. The van der Waals surface area contributed by atoms with Crippen LogP contribution in [0.3, 0.4) is 0 Å². The van der Waals surface area contributed by atoms with Crippen LogP contribution in [0.1, 0.15) is 24.2 Å². The van der Waals surface area contributed by atoms with E-state index >= 15 is 0 Å². The Morgan fingerprint density at radius 2 is 1.71 bits per heavy atom. The first-order chi connectivity index (χ1) is 11.5. The van der Waals surface area contributed by atoms with Crippen LogP contribution >= 0.6 is 0 Å². The molecule has 0 spiro atoms. The molecule has 6 heteroatoms. The first-order valence-electron chi connectivity index (χ1n) is 7.57.